The quantitative estimate of drug-likeness (QED) is 0.351. The summed E-state index contributed by atoms with van der Waals surface area (Å²) in [6.07, 6.45) is 3.23. The summed E-state index contributed by atoms with van der Waals surface area (Å²) in [7, 11) is 1.49. The molecule has 7 nitrogen and oxygen atoms in total. The highest BCUT2D eigenvalue weighted by Gasteiger charge is 2.33. The van der Waals surface area contributed by atoms with Crippen LogP contribution in [0, 0.1) is 0 Å². The maximum atomic E-state index is 12.3. The molecule has 0 aliphatic rings. The summed E-state index contributed by atoms with van der Waals surface area (Å²) < 4.78 is 7.40. The third-order valence-corrected chi connectivity index (χ3v) is 3.93. The minimum atomic E-state index is -1.06. The lowest BCUT2D eigenvalue weighted by molar-refractivity contribution is -0.153. The topological polar surface area (TPSA) is 91.7 Å². The van der Waals surface area contributed by atoms with E-state index in [1.54, 1.807) is 44.4 Å². The predicted molar refractivity (Wildman–Crippen MR) is 94.1 cm³/mol. The van der Waals surface area contributed by atoms with Gasteiger partial charge in [0.2, 0.25) is 0 Å². The Morgan fingerprint density at radius 2 is 2.17 bits per heavy atom. The van der Waals surface area contributed by atoms with Gasteiger partial charge in [-0.2, -0.15) is 5.10 Å². The fraction of sp³-hybridized carbons (Fsp3) is 0.267. The first-order valence-corrected chi connectivity index (χ1v) is 8.02. The van der Waals surface area contributed by atoms with Crippen LogP contribution in [-0.4, -0.2) is 28.7 Å². The zero-order valence-electron chi connectivity index (χ0n) is 13.3. The van der Waals surface area contributed by atoms with E-state index in [4.69, 9.17) is 26.9 Å². The number of ether oxygens (including phenoxy) is 1. The van der Waals surface area contributed by atoms with E-state index in [-0.39, 0.29) is 5.84 Å². The summed E-state index contributed by atoms with van der Waals surface area (Å²) in [4.78, 5) is 17.3. The highest BCUT2D eigenvalue weighted by Crippen LogP contribution is 2.23. The van der Waals surface area contributed by atoms with E-state index >= 15 is 0 Å². The SMILES string of the molecule is COc1ccc(Cl)cc1/C(N)=N/OC(=O)C(C)(C)n1cc(Br)cn1. The van der Waals surface area contributed by atoms with Crippen molar-refractivity contribution in [2.24, 2.45) is 10.9 Å². The molecule has 1 aromatic carbocycles. The average molecular weight is 416 g/mol. The Hall–Kier alpha value is -2.06. The lowest BCUT2D eigenvalue weighted by atomic mass is 10.1. The molecule has 0 aliphatic heterocycles. The van der Waals surface area contributed by atoms with E-state index in [2.05, 4.69) is 26.2 Å². The minimum absolute atomic E-state index is 0.0276. The van der Waals surface area contributed by atoms with Crippen LogP contribution in [-0.2, 0) is 15.2 Å². The second-order valence-corrected chi connectivity index (χ2v) is 6.71. The molecule has 0 saturated carbocycles. The molecular weight excluding hydrogens is 400 g/mol. The number of carbonyl (C=O) groups excluding carboxylic acids is 1. The van der Waals surface area contributed by atoms with Crippen LogP contribution in [0.3, 0.4) is 0 Å². The molecule has 0 aliphatic carbocycles. The number of hydrogen-bond donors (Lipinski definition) is 1. The third kappa shape index (κ3) is 3.88. The second kappa shape index (κ2) is 7.23. The Balaban J connectivity index is 2.20. The highest BCUT2D eigenvalue weighted by molar-refractivity contribution is 9.10. The van der Waals surface area contributed by atoms with E-state index in [9.17, 15) is 4.79 Å². The average Bonchev–Trinajstić information content (AvgIpc) is 2.99. The number of amidine groups is 1. The molecule has 24 heavy (non-hydrogen) atoms. The van der Waals surface area contributed by atoms with Crippen molar-refractivity contribution in [3.63, 3.8) is 0 Å². The molecule has 2 N–H and O–H groups in total. The molecular formula is C15H16BrClN4O3. The molecule has 0 amide bonds. The van der Waals surface area contributed by atoms with Crippen molar-refractivity contribution >= 4 is 39.3 Å². The van der Waals surface area contributed by atoms with Gasteiger partial charge in [-0.1, -0.05) is 16.8 Å². The predicted octanol–water partition coefficient (Wildman–Crippen LogP) is 2.91. The molecule has 1 heterocycles. The molecule has 2 rings (SSSR count). The molecule has 0 fully saturated rings. The minimum Gasteiger partial charge on any atom is -0.496 e. The first-order chi connectivity index (χ1) is 11.3. The molecule has 0 spiro atoms. The number of aromatic nitrogens is 2. The second-order valence-electron chi connectivity index (χ2n) is 5.36. The highest BCUT2D eigenvalue weighted by atomic mass is 79.9. The molecule has 0 atom stereocenters. The Bertz CT molecular complexity index is 789. The monoisotopic (exact) mass is 414 g/mol. The van der Waals surface area contributed by atoms with Crippen molar-refractivity contribution in [1.82, 2.24) is 9.78 Å². The van der Waals surface area contributed by atoms with Crippen LogP contribution in [0.4, 0.5) is 0 Å². The summed E-state index contributed by atoms with van der Waals surface area (Å²) in [5.41, 5.74) is 5.25. The van der Waals surface area contributed by atoms with Gasteiger partial charge >= 0.3 is 5.97 Å². The van der Waals surface area contributed by atoms with E-state index < -0.39 is 11.5 Å². The Morgan fingerprint density at radius 3 is 2.75 bits per heavy atom. The van der Waals surface area contributed by atoms with E-state index in [1.165, 1.54) is 11.8 Å². The summed E-state index contributed by atoms with van der Waals surface area (Å²) in [5.74, 6) is -0.186. The number of nitrogens with two attached hydrogens (primary N) is 1. The van der Waals surface area contributed by atoms with Crippen LogP contribution < -0.4 is 10.5 Å². The van der Waals surface area contributed by atoms with Crippen molar-refractivity contribution in [3.8, 4) is 5.75 Å². The lowest BCUT2D eigenvalue weighted by Crippen LogP contribution is -2.37. The van der Waals surface area contributed by atoms with E-state index in [0.717, 1.165) is 4.47 Å². The van der Waals surface area contributed by atoms with Crippen molar-refractivity contribution < 1.29 is 14.4 Å². The number of benzene rings is 1. The van der Waals surface area contributed by atoms with Gasteiger partial charge in [-0.15, -0.1) is 0 Å². The summed E-state index contributed by atoms with van der Waals surface area (Å²) in [5, 5.41) is 8.24. The van der Waals surface area contributed by atoms with E-state index in [0.29, 0.717) is 16.3 Å². The molecule has 0 unspecified atom stereocenters. The number of nitrogens with zero attached hydrogens (tertiary/aromatic N) is 3. The maximum absolute atomic E-state index is 12.3. The molecule has 0 radical (unpaired) electrons. The largest absolute Gasteiger partial charge is 0.496 e. The standard InChI is InChI=1S/C15H16BrClN4O3/c1-15(2,21-8-9(16)7-19-21)14(22)24-20-13(18)11-6-10(17)4-5-12(11)23-3/h4-8H,1-3H3,(H2,18,20). The summed E-state index contributed by atoms with van der Waals surface area (Å²) >= 11 is 9.23. The van der Waals surface area contributed by atoms with Gasteiger partial charge < -0.3 is 15.3 Å². The first-order valence-electron chi connectivity index (χ1n) is 6.85. The fourth-order valence-electron chi connectivity index (χ4n) is 1.83. The van der Waals surface area contributed by atoms with Crippen LogP contribution in [0.15, 0.2) is 40.2 Å². The number of methoxy groups -OCH3 is 1. The van der Waals surface area contributed by atoms with Gasteiger partial charge in [0.15, 0.2) is 11.4 Å². The fourth-order valence-corrected chi connectivity index (χ4v) is 2.29. The molecule has 9 heteroatoms. The third-order valence-electron chi connectivity index (χ3n) is 3.29. The van der Waals surface area contributed by atoms with Crippen molar-refractivity contribution in [2.75, 3.05) is 7.11 Å². The Labute approximate surface area is 152 Å². The number of halogens is 2. The number of rotatable bonds is 5. The van der Waals surface area contributed by atoms with Gasteiger partial charge in [0.1, 0.15) is 5.75 Å². The lowest BCUT2D eigenvalue weighted by Gasteiger charge is -2.21. The molecule has 128 valence electrons. The number of carbonyl (C=O) groups is 1. The normalized spacial score (nSPS) is 12.1. The summed E-state index contributed by atoms with van der Waals surface area (Å²) in [6.45, 7) is 3.31. The first kappa shape index (κ1) is 18.3. The van der Waals surface area contributed by atoms with Crippen LogP contribution in [0.1, 0.15) is 19.4 Å². The zero-order chi connectivity index (χ0) is 17.9. The van der Waals surface area contributed by atoms with Crippen LogP contribution in [0.5, 0.6) is 5.75 Å². The van der Waals surface area contributed by atoms with Crippen molar-refractivity contribution in [3.05, 3.63) is 45.7 Å². The maximum Gasteiger partial charge on any atom is 0.361 e. The van der Waals surface area contributed by atoms with Crippen molar-refractivity contribution in [2.45, 2.75) is 19.4 Å². The van der Waals surface area contributed by atoms with Crippen LogP contribution >= 0.6 is 27.5 Å². The molecule has 1 aromatic heterocycles. The van der Waals surface area contributed by atoms with Crippen LogP contribution in [0.25, 0.3) is 0 Å². The van der Waals surface area contributed by atoms with Crippen molar-refractivity contribution in [1.29, 1.82) is 0 Å². The van der Waals surface area contributed by atoms with Gasteiger partial charge in [-0.25, -0.2) is 4.79 Å². The van der Waals surface area contributed by atoms with Crippen LogP contribution in [0.2, 0.25) is 5.02 Å². The van der Waals surface area contributed by atoms with Gasteiger partial charge in [0.05, 0.1) is 23.3 Å². The smallest absolute Gasteiger partial charge is 0.361 e. The number of hydrogen-bond acceptors (Lipinski definition) is 5. The molecule has 2 aromatic rings. The Kier molecular flexibility index (Phi) is 5.51. The zero-order valence-corrected chi connectivity index (χ0v) is 15.6. The van der Waals surface area contributed by atoms with Gasteiger partial charge in [0.25, 0.3) is 0 Å². The van der Waals surface area contributed by atoms with E-state index in [1.807, 2.05) is 0 Å². The van der Waals surface area contributed by atoms with Gasteiger partial charge in [-0.05, 0) is 48.0 Å². The molecule has 0 bridgehead atoms. The van der Waals surface area contributed by atoms with Gasteiger partial charge in [-0.3, -0.25) is 4.68 Å². The molecule has 0 saturated heterocycles. The van der Waals surface area contributed by atoms with Gasteiger partial charge in [0, 0.05) is 11.2 Å². The number of oxime groups is 1. The Morgan fingerprint density at radius 1 is 1.46 bits per heavy atom. The summed E-state index contributed by atoms with van der Waals surface area (Å²) in [6, 6.07) is 4.87.